The fraction of sp³-hybridized carbons (Fsp3) is 0.192. The topological polar surface area (TPSA) is 136 Å². The number of unbranched alkanes of at least 4 members (excludes halogenated alkanes) is 1. The molecule has 0 saturated heterocycles. The Balaban J connectivity index is 0.000000248. The van der Waals surface area contributed by atoms with Crippen molar-refractivity contribution >= 4 is 29.8 Å². The zero-order valence-corrected chi connectivity index (χ0v) is 18.5. The van der Waals surface area contributed by atoms with Crippen LogP contribution in [0.25, 0.3) is 17.2 Å². The number of hydrogen-bond donors (Lipinski definition) is 2. The van der Waals surface area contributed by atoms with Crippen LogP contribution in [0.5, 0.6) is 0 Å². The van der Waals surface area contributed by atoms with Crippen molar-refractivity contribution in [1.29, 1.82) is 5.26 Å². The first-order chi connectivity index (χ1) is 16.3. The number of amides is 2. The van der Waals surface area contributed by atoms with E-state index in [1.807, 2.05) is 49.4 Å². The molecular formula is C26H24N2O6. The smallest absolute Gasteiger partial charge is 0.328 e. The van der Waals surface area contributed by atoms with Crippen molar-refractivity contribution < 1.29 is 29.4 Å². The van der Waals surface area contributed by atoms with E-state index in [0.717, 1.165) is 40.7 Å². The largest absolute Gasteiger partial charge is 0.480 e. The Morgan fingerprint density at radius 3 is 2.21 bits per heavy atom. The van der Waals surface area contributed by atoms with Gasteiger partial charge in [-0.1, -0.05) is 68.3 Å². The molecule has 34 heavy (non-hydrogen) atoms. The fourth-order valence-electron chi connectivity index (χ4n) is 3.33. The predicted molar refractivity (Wildman–Crippen MR) is 125 cm³/mol. The van der Waals surface area contributed by atoms with Gasteiger partial charge in [-0.2, -0.15) is 5.26 Å². The van der Waals surface area contributed by atoms with Gasteiger partial charge in [-0.25, -0.2) is 9.59 Å². The number of carboxylic acid groups (broad SMARTS) is 2. The van der Waals surface area contributed by atoms with Gasteiger partial charge in [0.1, 0.15) is 12.1 Å². The van der Waals surface area contributed by atoms with Crippen LogP contribution in [0.4, 0.5) is 0 Å². The normalized spacial score (nSPS) is 13.4. The van der Waals surface area contributed by atoms with Gasteiger partial charge in [-0.05, 0) is 23.6 Å². The van der Waals surface area contributed by atoms with Gasteiger partial charge >= 0.3 is 11.9 Å². The van der Waals surface area contributed by atoms with Crippen LogP contribution in [0.1, 0.15) is 37.3 Å². The molecule has 2 aromatic rings. The number of rotatable bonds is 8. The van der Waals surface area contributed by atoms with Gasteiger partial charge in [0.05, 0.1) is 5.56 Å². The molecule has 2 amide bonds. The number of imide groups is 1. The minimum Gasteiger partial charge on any atom is -0.480 e. The lowest BCUT2D eigenvalue weighted by molar-refractivity contribution is -0.153. The highest BCUT2D eigenvalue weighted by Crippen LogP contribution is 2.26. The van der Waals surface area contributed by atoms with E-state index in [1.54, 1.807) is 6.07 Å². The lowest BCUT2D eigenvalue weighted by Crippen LogP contribution is -2.44. The summed E-state index contributed by atoms with van der Waals surface area (Å²) in [4.78, 5) is 44.8. The second-order valence-electron chi connectivity index (χ2n) is 7.30. The highest BCUT2D eigenvalue weighted by atomic mass is 16.4. The third-order valence-electron chi connectivity index (χ3n) is 4.97. The van der Waals surface area contributed by atoms with Gasteiger partial charge in [-0.15, -0.1) is 0 Å². The Hall–Kier alpha value is -4.51. The Morgan fingerprint density at radius 1 is 1.03 bits per heavy atom. The summed E-state index contributed by atoms with van der Waals surface area (Å²) in [5.74, 6) is -3.24. The second kappa shape index (κ2) is 12.5. The molecule has 1 heterocycles. The molecule has 1 atom stereocenters. The van der Waals surface area contributed by atoms with Crippen molar-refractivity contribution in [2.75, 3.05) is 0 Å². The molecule has 0 radical (unpaired) electrons. The first-order valence-electron chi connectivity index (χ1n) is 10.6. The van der Waals surface area contributed by atoms with Crippen LogP contribution in [0.15, 0.2) is 66.8 Å². The van der Waals surface area contributed by atoms with Crippen LogP contribution in [-0.2, 0) is 19.2 Å². The van der Waals surface area contributed by atoms with Crippen LogP contribution in [0, 0.1) is 11.3 Å². The Kier molecular flexibility index (Phi) is 9.47. The van der Waals surface area contributed by atoms with Crippen LogP contribution in [0.2, 0.25) is 0 Å². The average Bonchev–Trinajstić information content (AvgIpc) is 3.16. The number of benzene rings is 2. The molecule has 1 aliphatic heterocycles. The number of aliphatic carboxylic acids is 2. The minimum absolute atomic E-state index is 0.311. The molecule has 0 saturated carbocycles. The van der Waals surface area contributed by atoms with E-state index in [-0.39, 0.29) is 0 Å². The number of carbonyl (C=O) groups excluding carboxylic acids is 2. The fourth-order valence-corrected chi connectivity index (χ4v) is 3.33. The summed E-state index contributed by atoms with van der Waals surface area (Å²) in [5.41, 5.74) is 2.82. The zero-order chi connectivity index (χ0) is 25.1. The number of hydrogen-bond acceptors (Lipinski definition) is 5. The standard InChI is InChI=1S/C16H11NO2.C10H13NO4/c17-11-15-13(9-10-16(18)19)7-4-8-14(15)12-5-2-1-3-6-12;1-2-3-4-7(10(14)15)11-8(12)5-6-9(11)13/h1-10H,(H,18,19);5-7H,2-4H2,1H3,(H,14,15). The maximum Gasteiger partial charge on any atom is 0.328 e. The quantitative estimate of drug-likeness (QED) is 0.451. The molecule has 0 aliphatic carbocycles. The lowest BCUT2D eigenvalue weighted by Gasteiger charge is -2.21. The Bertz CT molecular complexity index is 1140. The molecule has 3 rings (SSSR count). The maximum atomic E-state index is 11.2. The van der Waals surface area contributed by atoms with Crippen molar-refractivity contribution in [3.05, 3.63) is 77.9 Å². The monoisotopic (exact) mass is 460 g/mol. The van der Waals surface area contributed by atoms with Crippen LogP contribution < -0.4 is 0 Å². The van der Waals surface area contributed by atoms with Crippen molar-refractivity contribution in [3.8, 4) is 17.2 Å². The van der Waals surface area contributed by atoms with Gasteiger partial charge in [0, 0.05) is 23.8 Å². The van der Waals surface area contributed by atoms with Gasteiger partial charge in [-0.3, -0.25) is 14.5 Å². The van der Waals surface area contributed by atoms with Crippen LogP contribution in [-0.4, -0.2) is 44.9 Å². The van der Waals surface area contributed by atoms with E-state index in [2.05, 4.69) is 6.07 Å². The third kappa shape index (κ3) is 6.74. The number of carbonyl (C=O) groups is 4. The summed E-state index contributed by atoms with van der Waals surface area (Å²) in [5, 5.41) is 26.9. The summed E-state index contributed by atoms with van der Waals surface area (Å²) >= 11 is 0. The molecule has 0 bridgehead atoms. The molecule has 2 aromatic carbocycles. The van der Waals surface area contributed by atoms with E-state index in [0.29, 0.717) is 24.0 Å². The summed E-state index contributed by atoms with van der Waals surface area (Å²) in [7, 11) is 0. The first-order valence-corrected chi connectivity index (χ1v) is 10.6. The predicted octanol–water partition coefficient (Wildman–Crippen LogP) is 3.88. The van der Waals surface area contributed by atoms with Crippen molar-refractivity contribution in [2.45, 2.75) is 32.2 Å². The maximum absolute atomic E-state index is 11.2. The Labute approximate surface area is 197 Å². The van der Waals surface area contributed by atoms with Gasteiger partial charge in [0.2, 0.25) is 0 Å². The van der Waals surface area contributed by atoms with Crippen molar-refractivity contribution in [2.24, 2.45) is 0 Å². The lowest BCUT2D eigenvalue weighted by atomic mass is 9.96. The van der Waals surface area contributed by atoms with E-state index in [9.17, 15) is 24.4 Å². The SMILES string of the molecule is CCCCC(C(=O)O)N1C(=O)C=CC1=O.N#Cc1c(C=CC(=O)O)cccc1-c1ccccc1. The third-order valence-corrected chi connectivity index (χ3v) is 4.97. The van der Waals surface area contributed by atoms with E-state index >= 15 is 0 Å². The molecule has 2 N–H and O–H groups in total. The van der Waals surface area contributed by atoms with E-state index in [4.69, 9.17) is 10.2 Å². The molecule has 1 unspecified atom stereocenters. The average molecular weight is 460 g/mol. The Morgan fingerprint density at radius 2 is 1.68 bits per heavy atom. The van der Waals surface area contributed by atoms with Gasteiger partial charge in [0.25, 0.3) is 11.8 Å². The van der Waals surface area contributed by atoms with Crippen LogP contribution in [0.3, 0.4) is 0 Å². The van der Waals surface area contributed by atoms with Crippen molar-refractivity contribution in [1.82, 2.24) is 4.90 Å². The van der Waals surface area contributed by atoms with Gasteiger partial charge < -0.3 is 10.2 Å². The molecule has 0 spiro atoms. The molecule has 0 aromatic heterocycles. The highest BCUT2D eigenvalue weighted by molar-refractivity contribution is 6.14. The molecular weight excluding hydrogens is 436 g/mol. The number of nitriles is 1. The summed E-state index contributed by atoms with van der Waals surface area (Å²) in [6.07, 6.45) is 6.49. The van der Waals surface area contributed by atoms with Crippen LogP contribution >= 0.6 is 0 Å². The molecule has 1 aliphatic rings. The summed E-state index contributed by atoms with van der Waals surface area (Å²) < 4.78 is 0. The highest BCUT2D eigenvalue weighted by Gasteiger charge is 2.35. The molecule has 0 fully saturated rings. The summed E-state index contributed by atoms with van der Waals surface area (Å²) in [6, 6.07) is 16.0. The second-order valence-corrected chi connectivity index (χ2v) is 7.30. The van der Waals surface area contributed by atoms with Crippen molar-refractivity contribution in [3.63, 3.8) is 0 Å². The molecule has 174 valence electrons. The number of carboxylic acids is 2. The van der Waals surface area contributed by atoms with E-state index in [1.165, 1.54) is 6.08 Å². The zero-order valence-electron chi connectivity index (χ0n) is 18.5. The minimum atomic E-state index is -1.13. The molecule has 8 nitrogen and oxygen atoms in total. The number of nitrogens with zero attached hydrogens (tertiary/aromatic N) is 2. The van der Waals surface area contributed by atoms with Gasteiger partial charge in [0.15, 0.2) is 0 Å². The summed E-state index contributed by atoms with van der Waals surface area (Å²) in [6.45, 7) is 1.92. The van der Waals surface area contributed by atoms with E-state index < -0.39 is 29.8 Å². The first kappa shape index (κ1) is 25.7. The molecule has 8 heteroatoms.